The van der Waals surface area contributed by atoms with E-state index < -0.39 is 51.8 Å². The standard InChI is InChI=1S/C43H81O10P/c1-3-5-7-9-11-13-14-15-16-17-18-19-20-21-22-23-24-25-26-27-29-31-33-35-43(47)53-41(39-52-54(48,49)51-37-40(45)36-44)38-50-42(46)34-32-30-28-12-10-8-6-4-2/h14-15,17-18,40-41,44-45H,3-13,16,19-39H2,1-2H3,(H,48,49)/b15-14-,18-17-. The predicted octanol–water partition coefficient (Wildman–Crippen LogP) is 11.4. The molecule has 0 rings (SSSR count). The van der Waals surface area contributed by atoms with Gasteiger partial charge in [0.05, 0.1) is 19.8 Å². The highest BCUT2D eigenvalue weighted by Gasteiger charge is 2.27. The second-order valence-corrected chi connectivity index (χ2v) is 16.2. The molecule has 0 aromatic carbocycles. The summed E-state index contributed by atoms with van der Waals surface area (Å²) in [6.07, 6.45) is 38.8. The Hall–Kier alpha value is -1.55. The molecule has 3 unspecified atom stereocenters. The van der Waals surface area contributed by atoms with Crippen LogP contribution in [-0.2, 0) is 32.7 Å². The zero-order valence-electron chi connectivity index (χ0n) is 34.4. The fourth-order valence-electron chi connectivity index (χ4n) is 5.96. The first-order valence-corrected chi connectivity index (χ1v) is 23.3. The summed E-state index contributed by atoms with van der Waals surface area (Å²) >= 11 is 0. The fraction of sp³-hybridized carbons (Fsp3) is 0.860. The normalized spacial score (nSPS) is 14.1. The van der Waals surface area contributed by atoms with Crippen molar-refractivity contribution < 1.29 is 47.8 Å². The molecule has 0 aromatic heterocycles. The van der Waals surface area contributed by atoms with Crippen LogP contribution >= 0.6 is 7.82 Å². The third-order valence-electron chi connectivity index (χ3n) is 9.36. The van der Waals surface area contributed by atoms with Gasteiger partial charge in [-0.05, 0) is 44.9 Å². The third kappa shape index (κ3) is 38.7. The van der Waals surface area contributed by atoms with Crippen molar-refractivity contribution in [2.75, 3.05) is 26.4 Å². The van der Waals surface area contributed by atoms with Gasteiger partial charge in [0.15, 0.2) is 6.10 Å². The molecule has 54 heavy (non-hydrogen) atoms. The number of aliphatic hydroxyl groups is 2. The molecule has 0 fully saturated rings. The Bertz CT molecular complexity index is 957. The molecule has 0 heterocycles. The maximum Gasteiger partial charge on any atom is 0.472 e. The number of allylic oxidation sites excluding steroid dienone is 4. The van der Waals surface area contributed by atoms with Crippen LogP contribution in [-0.4, -0.2) is 65.7 Å². The maximum absolute atomic E-state index is 12.6. The number of carbonyl (C=O) groups excluding carboxylic acids is 2. The second-order valence-electron chi connectivity index (χ2n) is 14.7. The van der Waals surface area contributed by atoms with Crippen molar-refractivity contribution in [2.45, 2.75) is 212 Å². The molecule has 0 aromatic rings. The topological polar surface area (TPSA) is 149 Å². The number of carbonyl (C=O) groups is 2. The van der Waals surface area contributed by atoms with E-state index in [2.05, 4.69) is 42.7 Å². The van der Waals surface area contributed by atoms with Crippen LogP contribution in [0.25, 0.3) is 0 Å². The monoisotopic (exact) mass is 789 g/mol. The van der Waals surface area contributed by atoms with Gasteiger partial charge in [-0.3, -0.25) is 18.6 Å². The van der Waals surface area contributed by atoms with Gasteiger partial charge in [0.25, 0.3) is 0 Å². The third-order valence-corrected chi connectivity index (χ3v) is 10.3. The van der Waals surface area contributed by atoms with Crippen molar-refractivity contribution in [1.82, 2.24) is 0 Å². The minimum Gasteiger partial charge on any atom is -0.462 e. The average Bonchev–Trinajstić information content (AvgIpc) is 3.16. The van der Waals surface area contributed by atoms with Crippen molar-refractivity contribution in [3.8, 4) is 0 Å². The van der Waals surface area contributed by atoms with Crippen LogP contribution in [0, 0.1) is 0 Å². The molecule has 0 spiro atoms. The van der Waals surface area contributed by atoms with Crippen molar-refractivity contribution in [3.05, 3.63) is 24.3 Å². The number of ether oxygens (including phenoxy) is 2. The summed E-state index contributed by atoms with van der Waals surface area (Å²) in [4.78, 5) is 34.8. The first-order chi connectivity index (χ1) is 26.2. The second kappa shape index (κ2) is 39.7. The molecule has 0 bridgehead atoms. The Kier molecular flexibility index (Phi) is 38.5. The van der Waals surface area contributed by atoms with E-state index in [0.717, 1.165) is 44.9 Å². The highest BCUT2D eigenvalue weighted by molar-refractivity contribution is 7.47. The van der Waals surface area contributed by atoms with E-state index in [1.807, 2.05) is 0 Å². The number of esters is 2. The van der Waals surface area contributed by atoms with E-state index in [9.17, 15) is 24.2 Å². The minimum atomic E-state index is -4.61. The molecular weight excluding hydrogens is 707 g/mol. The van der Waals surface area contributed by atoms with Crippen LogP contribution in [0.15, 0.2) is 24.3 Å². The van der Waals surface area contributed by atoms with Crippen LogP contribution in [0.5, 0.6) is 0 Å². The molecule has 0 aliphatic rings. The largest absolute Gasteiger partial charge is 0.472 e. The van der Waals surface area contributed by atoms with Gasteiger partial charge in [0.2, 0.25) is 0 Å². The fourth-order valence-corrected chi connectivity index (χ4v) is 6.75. The highest BCUT2D eigenvalue weighted by Crippen LogP contribution is 2.43. The molecule has 0 amide bonds. The number of hydrogen-bond donors (Lipinski definition) is 3. The quantitative estimate of drug-likeness (QED) is 0.0236. The molecule has 0 radical (unpaired) electrons. The lowest BCUT2D eigenvalue weighted by molar-refractivity contribution is -0.161. The molecule has 0 aliphatic heterocycles. The van der Waals surface area contributed by atoms with Crippen molar-refractivity contribution in [2.24, 2.45) is 0 Å². The highest BCUT2D eigenvalue weighted by atomic mass is 31.2. The van der Waals surface area contributed by atoms with E-state index in [4.69, 9.17) is 19.1 Å². The number of phosphoric acid groups is 1. The summed E-state index contributed by atoms with van der Waals surface area (Å²) in [6, 6.07) is 0. The predicted molar refractivity (Wildman–Crippen MR) is 219 cm³/mol. The molecule has 11 heteroatoms. The smallest absolute Gasteiger partial charge is 0.462 e. The van der Waals surface area contributed by atoms with Crippen LogP contribution in [0.2, 0.25) is 0 Å². The Morgan fingerprint density at radius 1 is 0.556 bits per heavy atom. The summed E-state index contributed by atoms with van der Waals surface area (Å²) in [6.45, 7) is 2.34. The van der Waals surface area contributed by atoms with Gasteiger partial charge in [-0.15, -0.1) is 0 Å². The van der Waals surface area contributed by atoms with E-state index in [1.54, 1.807) is 0 Å². The maximum atomic E-state index is 12.6. The van der Waals surface area contributed by atoms with Gasteiger partial charge in [0, 0.05) is 12.8 Å². The number of aliphatic hydroxyl groups excluding tert-OH is 2. The number of hydrogen-bond acceptors (Lipinski definition) is 9. The molecule has 3 N–H and O–H groups in total. The lowest BCUT2D eigenvalue weighted by atomic mass is 10.0. The van der Waals surface area contributed by atoms with Gasteiger partial charge < -0.3 is 24.6 Å². The summed E-state index contributed by atoms with van der Waals surface area (Å²) < 4.78 is 32.6. The summed E-state index contributed by atoms with van der Waals surface area (Å²) in [7, 11) is -4.61. The Balaban J connectivity index is 4.13. The Morgan fingerprint density at radius 3 is 1.43 bits per heavy atom. The average molecular weight is 789 g/mol. The lowest BCUT2D eigenvalue weighted by Gasteiger charge is -2.20. The van der Waals surface area contributed by atoms with E-state index in [0.29, 0.717) is 12.8 Å². The van der Waals surface area contributed by atoms with Gasteiger partial charge in [-0.2, -0.15) is 0 Å². The van der Waals surface area contributed by atoms with E-state index in [1.165, 1.54) is 116 Å². The van der Waals surface area contributed by atoms with E-state index in [-0.39, 0.29) is 19.4 Å². The van der Waals surface area contributed by atoms with Crippen LogP contribution < -0.4 is 0 Å². The molecule has 0 saturated carbocycles. The molecule has 0 aliphatic carbocycles. The Morgan fingerprint density at radius 2 is 0.963 bits per heavy atom. The summed E-state index contributed by atoms with van der Waals surface area (Å²) in [5, 5.41) is 18.3. The number of phosphoric ester groups is 1. The summed E-state index contributed by atoms with van der Waals surface area (Å²) in [5.74, 6) is -0.926. The minimum absolute atomic E-state index is 0.184. The molecule has 3 atom stereocenters. The summed E-state index contributed by atoms with van der Waals surface area (Å²) in [5.41, 5.74) is 0. The molecular formula is C43H81O10P. The molecule has 0 saturated heterocycles. The van der Waals surface area contributed by atoms with Crippen LogP contribution in [0.1, 0.15) is 200 Å². The van der Waals surface area contributed by atoms with Crippen LogP contribution in [0.3, 0.4) is 0 Å². The van der Waals surface area contributed by atoms with Crippen LogP contribution in [0.4, 0.5) is 0 Å². The van der Waals surface area contributed by atoms with Gasteiger partial charge in [0.1, 0.15) is 12.7 Å². The zero-order valence-corrected chi connectivity index (χ0v) is 35.3. The first-order valence-electron chi connectivity index (χ1n) is 21.8. The zero-order chi connectivity index (χ0) is 39.8. The van der Waals surface area contributed by atoms with Gasteiger partial charge in [-0.25, -0.2) is 4.57 Å². The van der Waals surface area contributed by atoms with Gasteiger partial charge in [-0.1, -0.05) is 167 Å². The molecule has 10 nitrogen and oxygen atoms in total. The Labute approximate surface area is 329 Å². The SMILES string of the molecule is CCCCCCC/C=C\C/C=C\CCCCCCCCCCCCCC(=O)OC(COC(=O)CCCCCCCCCC)COP(=O)(O)OCC(O)CO. The van der Waals surface area contributed by atoms with Crippen molar-refractivity contribution in [3.63, 3.8) is 0 Å². The first kappa shape index (κ1) is 52.5. The number of rotatable bonds is 41. The lowest BCUT2D eigenvalue weighted by Crippen LogP contribution is -2.29. The van der Waals surface area contributed by atoms with E-state index >= 15 is 0 Å². The number of unbranched alkanes of at least 4 members (excludes halogenated alkanes) is 23. The van der Waals surface area contributed by atoms with Crippen molar-refractivity contribution >= 4 is 19.8 Å². The van der Waals surface area contributed by atoms with Crippen molar-refractivity contribution in [1.29, 1.82) is 0 Å². The molecule has 318 valence electrons. The van der Waals surface area contributed by atoms with Gasteiger partial charge >= 0.3 is 19.8 Å².